The highest BCUT2D eigenvalue weighted by Gasteiger charge is 1.59. The predicted molar refractivity (Wildman–Crippen MR) is 39.7 cm³/mol. The van der Waals surface area contributed by atoms with Crippen molar-refractivity contribution in [3.63, 3.8) is 0 Å². The summed E-state index contributed by atoms with van der Waals surface area (Å²) in [7, 11) is 0. The van der Waals surface area contributed by atoms with Crippen molar-refractivity contribution >= 4 is 0 Å². The summed E-state index contributed by atoms with van der Waals surface area (Å²) in [6.07, 6.45) is 6.82. The van der Waals surface area contributed by atoms with Crippen LogP contribution in [0.4, 0.5) is 0 Å². The lowest BCUT2D eigenvalue weighted by Gasteiger charge is -1.70. The van der Waals surface area contributed by atoms with Crippen LogP contribution < -0.4 is 0 Å². The van der Waals surface area contributed by atoms with Crippen molar-refractivity contribution in [2.45, 2.75) is 0 Å². The molecule has 1 aromatic heterocycles. The number of nitrogens with zero attached hydrogens (tertiary/aromatic N) is 2. The van der Waals surface area contributed by atoms with Crippen LogP contribution in [0, 0.1) is 0 Å². The Morgan fingerprint density at radius 3 is 1.60 bits per heavy atom. The lowest BCUT2D eigenvalue weighted by molar-refractivity contribution is 1.30. The monoisotopic (exact) mass is 132 g/mol. The Bertz CT molecular complexity index is 146. The van der Waals surface area contributed by atoms with E-state index in [2.05, 4.69) is 9.97 Å². The summed E-state index contributed by atoms with van der Waals surface area (Å²) < 4.78 is 0. The standard InChI is InChI=1S/C8H8N2/c1-2-5-9-7-4-8-10-6-3-1/h1-8H. The molecule has 0 aromatic carbocycles. The third-order valence-corrected chi connectivity index (χ3v) is 0.911. The molecule has 10 heavy (non-hydrogen) atoms. The van der Waals surface area contributed by atoms with Gasteiger partial charge in [0.15, 0.2) is 0 Å². The third-order valence-electron chi connectivity index (χ3n) is 0.911. The molecule has 50 valence electrons. The molecule has 0 amide bonds. The van der Waals surface area contributed by atoms with Crippen molar-refractivity contribution < 1.29 is 0 Å². The Balaban J connectivity index is 3.00. The van der Waals surface area contributed by atoms with Crippen LogP contribution in [0.5, 0.6) is 0 Å². The SMILES string of the molecule is c1ccncccncc1. The number of hydrogen-bond acceptors (Lipinski definition) is 2. The van der Waals surface area contributed by atoms with Gasteiger partial charge in [-0.1, -0.05) is 6.07 Å². The van der Waals surface area contributed by atoms with Crippen LogP contribution >= 0.6 is 0 Å². The van der Waals surface area contributed by atoms with Gasteiger partial charge in [-0.2, -0.15) is 0 Å². The van der Waals surface area contributed by atoms with Gasteiger partial charge >= 0.3 is 0 Å². The van der Waals surface area contributed by atoms with Crippen molar-refractivity contribution in [3.05, 3.63) is 49.1 Å². The first-order chi connectivity index (χ1) is 5.00. The van der Waals surface area contributed by atoms with Gasteiger partial charge in [0.2, 0.25) is 0 Å². The van der Waals surface area contributed by atoms with Crippen LogP contribution in [0.25, 0.3) is 0 Å². The van der Waals surface area contributed by atoms with E-state index in [1.165, 1.54) is 0 Å². The Hall–Kier alpha value is -1.44. The van der Waals surface area contributed by atoms with Gasteiger partial charge < -0.3 is 0 Å². The number of hydrogen-bond donors (Lipinski definition) is 0. The molecule has 0 aliphatic heterocycles. The maximum atomic E-state index is 3.92. The summed E-state index contributed by atoms with van der Waals surface area (Å²) in [4.78, 5) is 7.83. The Kier molecular flexibility index (Phi) is 2.96. The molecule has 0 spiro atoms. The first-order valence-electron chi connectivity index (χ1n) is 3.03. The molecule has 2 heteroatoms. The van der Waals surface area contributed by atoms with E-state index in [0.29, 0.717) is 0 Å². The van der Waals surface area contributed by atoms with Gasteiger partial charge in [-0.05, 0) is 18.2 Å². The van der Waals surface area contributed by atoms with Crippen LogP contribution in [0.1, 0.15) is 0 Å². The fraction of sp³-hybridized carbons (Fsp3) is 0. The molecular weight excluding hydrogens is 124 g/mol. The second-order valence-electron chi connectivity index (χ2n) is 1.66. The molecule has 2 nitrogen and oxygen atoms in total. The molecule has 0 unspecified atom stereocenters. The van der Waals surface area contributed by atoms with Gasteiger partial charge in [-0.3, -0.25) is 9.97 Å². The molecule has 0 radical (unpaired) electrons. The highest BCUT2D eigenvalue weighted by atomic mass is 14.6. The molecule has 0 aliphatic carbocycles. The minimum absolute atomic E-state index is 1.69. The molecule has 0 atom stereocenters. The fourth-order valence-electron chi connectivity index (χ4n) is 0.500. The number of rotatable bonds is 0. The van der Waals surface area contributed by atoms with E-state index in [-0.39, 0.29) is 0 Å². The molecule has 0 saturated carbocycles. The summed E-state index contributed by atoms with van der Waals surface area (Å²) in [6.45, 7) is 0. The maximum absolute atomic E-state index is 3.92. The van der Waals surface area contributed by atoms with Crippen molar-refractivity contribution in [1.29, 1.82) is 0 Å². The summed E-state index contributed by atoms with van der Waals surface area (Å²) >= 11 is 0. The third kappa shape index (κ3) is 2.77. The van der Waals surface area contributed by atoms with E-state index in [0.717, 1.165) is 0 Å². The fourth-order valence-corrected chi connectivity index (χ4v) is 0.500. The van der Waals surface area contributed by atoms with Crippen LogP contribution in [-0.2, 0) is 0 Å². The lowest BCUT2D eigenvalue weighted by Crippen LogP contribution is -1.60. The molecule has 0 saturated heterocycles. The minimum Gasteiger partial charge on any atom is -0.265 e. The number of aromatic nitrogens is 2. The Morgan fingerprint density at radius 2 is 1.00 bits per heavy atom. The van der Waals surface area contributed by atoms with Crippen LogP contribution in [0.2, 0.25) is 0 Å². The van der Waals surface area contributed by atoms with Crippen LogP contribution in [-0.4, -0.2) is 9.97 Å². The molecule has 1 heterocycles. The second kappa shape index (κ2) is 4.44. The van der Waals surface area contributed by atoms with Crippen molar-refractivity contribution in [3.8, 4) is 0 Å². The van der Waals surface area contributed by atoms with Crippen molar-refractivity contribution in [2.75, 3.05) is 0 Å². The Morgan fingerprint density at radius 1 is 0.500 bits per heavy atom. The summed E-state index contributed by atoms with van der Waals surface area (Å²) in [5.41, 5.74) is 0. The zero-order valence-corrected chi connectivity index (χ0v) is 5.51. The van der Waals surface area contributed by atoms with Gasteiger partial charge in [0.05, 0.1) is 0 Å². The molecule has 1 rings (SSSR count). The summed E-state index contributed by atoms with van der Waals surface area (Å²) in [5, 5.41) is 0. The van der Waals surface area contributed by atoms with Gasteiger partial charge in [0, 0.05) is 24.8 Å². The normalized spacial score (nSPS) is 8.00. The van der Waals surface area contributed by atoms with E-state index in [4.69, 9.17) is 0 Å². The summed E-state index contributed by atoms with van der Waals surface area (Å²) in [5.74, 6) is 0. The first-order valence-corrected chi connectivity index (χ1v) is 3.03. The van der Waals surface area contributed by atoms with Gasteiger partial charge in [0.1, 0.15) is 0 Å². The minimum atomic E-state index is 1.69. The first kappa shape index (κ1) is 6.68. The van der Waals surface area contributed by atoms with E-state index in [1.807, 2.05) is 18.2 Å². The average Bonchev–Trinajstić information content (AvgIpc) is 2.01. The molecule has 0 aliphatic rings. The van der Waals surface area contributed by atoms with Crippen LogP contribution in [0.15, 0.2) is 49.1 Å². The highest BCUT2D eigenvalue weighted by Crippen LogP contribution is 1.72. The highest BCUT2D eigenvalue weighted by molar-refractivity contribution is 4.86. The zero-order valence-electron chi connectivity index (χ0n) is 5.51. The molecule has 0 bridgehead atoms. The quantitative estimate of drug-likeness (QED) is 0.535. The van der Waals surface area contributed by atoms with E-state index in [9.17, 15) is 0 Å². The summed E-state index contributed by atoms with van der Waals surface area (Å²) in [6, 6.07) is 7.35. The zero-order chi connectivity index (χ0) is 7.07. The Labute approximate surface area is 59.9 Å². The topological polar surface area (TPSA) is 25.8 Å². The van der Waals surface area contributed by atoms with E-state index in [1.54, 1.807) is 30.9 Å². The van der Waals surface area contributed by atoms with Crippen molar-refractivity contribution in [1.82, 2.24) is 9.97 Å². The van der Waals surface area contributed by atoms with E-state index < -0.39 is 0 Å². The van der Waals surface area contributed by atoms with E-state index >= 15 is 0 Å². The smallest absolute Gasteiger partial charge is 0.0283 e. The molecule has 1 aromatic rings. The van der Waals surface area contributed by atoms with Crippen LogP contribution in [0.3, 0.4) is 0 Å². The van der Waals surface area contributed by atoms with Gasteiger partial charge in [-0.25, -0.2) is 0 Å². The predicted octanol–water partition coefficient (Wildman–Crippen LogP) is 1.60. The van der Waals surface area contributed by atoms with Gasteiger partial charge in [-0.15, -0.1) is 0 Å². The average molecular weight is 132 g/mol. The van der Waals surface area contributed by atoms with Crippen molar-refractivity contribution in [2.24, 2.45) is 0 Å². The largest absolute Gasteiger partial charge is 0.265 e. The lowest BCUT2D eigenvalue weighted by atomic mass is 10.5. The second-order valence-corrected chi connectivity index (χ2v) is 1.66. The molecular formula is C8H8N2. The molecule has 0 N–H and O–H groups in total. The molecule has 0 fully saturated rings. The van der Waals surface area contributed by atoms with Gasteiger partial charge in [0.25, 0.3) is 0 Å². The maximum Gasteiger partial charge on any atom is 0.0283 e.